The number of rotatable bonds is 7. The molecule has 2 fully saturated rings. The quantitative estimate of drug-likeness (QED) is 0.587. The van der Waals surface area contributed by atoms with Crippen LogP contribution in [0.3, 0.4) is 0 Å². The molecule has 0 radical (unpaired) electrons. The summed E-state index contributed by atoms with van der Waals surface area (Å²) in [6, 6.07) is 5.89. The second-order valence-electron chi connectivity index (χ2n) is 7.90. The molecule has 2 saturated heterocycles. The molecule has 2 aliphatic heterocycles. The van der Waals surface area contributed by atoms with Crippen LogP contribution in [0.5, 0.6) is 0 Å². The van der Waals surface area contributed by atoms with Gasteiger partial charge in [-0.15, -0.1) is 0 Å². The van der Waals surface area contributed by atoms with Crippen LogP contribution in [0.4, 0.5) is 0 Å². The first-order valence-corrected chi connectivity index (χ1v) is 13.6. The molecule has 2 aliphatic rings. The number of amides is 1. The van der Waals surface area contributed by atoms with E-state index in [0.717, 1.165) is 5.56 Å². The Morgan fingerprint density at radius 1 is 0.968 bits per heavy atom. The van der Waals surface area contributed by atoms with Crippen LogP contribution in [0.2, 0.25) is 0 Å². The van der Waals surface area contributed by atoms with Crippen LogP contribution in [-0.4, -0.2) is 92.4 Å². The molecule has 0 unspecified atom stereocenters. The number of aryl methyl sites for hydroxylation is 1. The second-order valence-corrected chi connectivity index (χ2v) is 11.7. The monoisotopic (exact) mass is 472 g/mol. The maximum atomic E-state index is 13.2. The van der Waals surface area contributed by atoms with Crippen LogP contribution < -0.4 is 0 Å². The Hall–Kier alpha value is -1.53. The molecule has 1 amide bonds. The van der Waals surface area contributed by atoms with E-state index in [1.54, 1.807) is 43.0 Å². The Morgan fingerprint density at radius 2 is 1.55 bits per heavy atom. The molecule has 1 aromatic carbocycles. The zero-order valence-electron chi connectivity index (χ0n) is 18.4. The van der Waals surface area contributed by atoms with Gasteiger partial charge in [-0.25, -0.2) is 8.42 Å². The summed E-state index contributed by atoms with van der Waals surface area (Å²) in [5.74, 6) is -0.243. The van der Waals surface area contributed by atoms with E-state index >= 15 is 0 Å². The van der Waals surface area contributed by atoms with Crippen molar-refractivity contribution in [3.05, 3.63) is 29.8 Å². The normalized spacial score (nSPS) is 21.7. The van der Waals surface area contributed by atoms with Gasteiger partial charge in [-0.2, -0.15) is 21.3 Å². The van der Waals surface area contributed by atoms with Gasteiger partial charge in [0, 0.05) is 45.8 Å². The van der Waals surface area contributed by atoms with Crippen molar-refractivity contribution in [2.75, 3.05) is 45.8 Å². The SMILES string of the molecule is CCN(CC)S(=O)(=O)N1CCN(C(=O)[C@@H]2CCCN2S(=O)(=O)c2ccc(C)cc2)CC1. The third kappa shape index (κ3) is 4.80. The van der Waals surface area contributed by atoms with Gasteiger partial charge in [0.15, 0.2) is 0 Å². The van der Waals surface area contributed by atoms with Crippen LogP contribution in [0, 0.1) is 6.92 Å². The minimum absolute atomic E-state index is 0.188. The minimum Gasteiger partial charge on any atom is -0.339 e. The molecule has 0 spiro atoms. The van der Waals surface area contributed by atoms with Crippen molar-refractivity contribution in [1.29, 1.82) is 0 Å². The summed E-state index contributed by atoms with van der Waals surface area (Å²) < 4.78 is 55.8. The summed E-state index contributed by atoms with van der Waals surface area (Å²) in [7, 11) is -7.31. The van der Waals surface area contributed by atoms with Crippen molar-refractivity contribution >= 4 is 26.1 Å². The predicted octanol–water partition coefficient (Wildman–Crippen LogP) is 0.879. The van der Waals surface area contributed by atoms with Crippen molar-refractivity contribution in [1.82, 2.24) is 17.8 Å². The number of benzene rings is 1. The van der Waals surface area contributed by atoms with E-state index in [-0.39, 0.29) is 37.0 Å². The zero-order chi connectivity index (χ0) is 22.8. The van der Waals surface area contributed by atoms with Gasteiger partial charge < -0.3 is 4.90 Å². The first-order valence-electron chi connectivity index (χ1n) is 10.8. The number of piperazine rings is 1. The number of carbonyl (C=O) groups is 1. The summed E-state index contributed by atoms with van der Waals surface area (Å²) in [6.07, 6.45) is 1.10. The summed E-state index contributed by atoms with van der Waals surface area (Å²) in [4.78, 5) is 15.0. The highest BCUT2D eigenvalue weighted by Gasteiger charge is 2.42. The maximum absolute atomic E-state index is 13.2. The van der Waals surface area contributed by atoms with Crippen LogP contribution >= 0.6 is 0 Å². The topological polar surface area (TPSA) is 98.3 Å². The average Bonchev–Trinajstić information content (AvgIpc) is 3.25. The number of sulfonamides is 1. The predicted molar refractivity (Wildman–Crippen MR) is 118 cm³/mol. The molecule has 9 nitrogen and oxygen atoms in total. The second kappa shape index (κ2) is 9.53. The number of hydrogen-bond acceptors (Lipinski definition) is 5. The largest absolute Gasteiger partial charge is 0.339 e. The first-order chi connectivity index (χ1) is 14.6. The molecule has 3 rings (SSSR count). The van der Waals surface area contributed by atoms with Crippen molar-refractivity contribution in [2.24, 2.45) is 0 Å². The molecule has 174 valence electrons. The maximum Gasteiger partial charge on any atom is 0.282 e. The zero-order valence-corrected chi connectivity index (χ0v) is 20.0. The van der Waals surface area contributed by atoms with Crippen molar-refractivity contribution in [2.45, 2.75) is 44.6 Å². The number of hydrogen-bond donors (Lipinski definition) is 0. The minimum atomic E-state index is -3.77. The Bertz CT molecular complexity index is 983. The van der Waals surface area contributed by atoms with Crippen LogP contribution in [-0.2, 0) is 25.0 Å². The average molecular weight is 473 g/mol. The van der Waals surface area contributed by atoms with Crippen molar-refractivity contribution < 1.29 is 21.6 Å². The summed E-state index contributed by atoms with van der Waals surface area (Å²) >= 11 is 0. The molecule has 0 N–H and O–H groups in total. The van der Waals surface area contributed by atoms with E-state index in [9.17, 15) is 21.6 Å². The fourth-order valence-corrected chi connectivity index (χ4v) is 7.44. The standard InChI is InChI=1S/C20H32N4O5S2/c1-4-22(5-2)31(28,29)23-15-13-21(14-16-23)20(25)19-7-6-12-24(19)30(26,27)18-10-8-17(3)9-11-18/h8-11,19H,4-7,12-16H2,1-3H3/t19-/m0/s1. The lowest BCUT2D eigenvalue weighted by molar-refractivity contribution is -0.135. The summed E-state index contributed by atoms with van der Waals surface area (Å²) in [5.41, 5.74) is 0.963. The highest BCUT2D eigenvalue weighted by molar-refractivity contribution is 7.89. The van der Waals surface area contributed by atoms with Crippen LogP contribution in [0.25, 0.3) is 0 Å². The van der Waals surface area contributed by atoms with E-state index < -0.39 is 26.3 Å². The number of carbonyl (C=O) groups excluding carboxylic acids is 1. The van der Waals surface area contributed by atoms with Crippen molar-refractivity contribution in [3.8, 4) is 0 Å². The molecule has 2 heterocycles. The molecule has 0 aromatic heterocycles. The molecule has 0 aliphatic carbocycles. The lowest BCUT2D eigenvalue weighted by Gasteiger charge is -2.38. The van der Waals surface area contributed by atoms with Gasteiger partial charge in [0.2, 0.25) is 15.9 Å². The lowest BCUT2D eigenvalue weighted by Crippen LogP contribution is -2.57. The van der Waals surface area contributed by atoms with Gasteiger partial charge in [0.25, 0.3) is 10.2 Å². The van der Waals surface area contributed by atoms with E-state index in [0.29, 0.717) is 32.5 Å². The van der Waals surface area contributed by atoms with E-state index in [2.05, 4.69) is 0 Å². The molecule has 31 heavy (non-hydrogen) atoms. The Morgan fingerprint density at radius 3 is 2.10 bits per heavy atom. The fraction of sp³-hybridized carbons (Fsp3) is 0.650. The fourth-order valence-electron chi connectivity index (χ4n) is 4.18. The Kier molecular flexibility index (Phi) is 7.42. The van der Waals surface area contributed by atoms with Crippen molar-refractivity contribution in [3.63, 3.8) is 0 Å². The van der Waals surface area contributed by atoms with E-state index in [4.69, 9.17) is 0 Å². The molecule has 0 bridgehead atoms. The number of nitrogens with zero attached hydrogens (tertiary/aromatic N) is 4. The molecule has 0 saturated carbocycles. The molecule has 1 aromatic rings. The third-order valence-corrected chi connectivity index (χ3v) is 10.1. The Balaban J connectivity index is 1.70. The summed E-state index contributed by atoms with van der Waals surface area (Å²) in [6.45, 7) is 7.51. The smallest absolute Gasteiger partial charge is 0.282 e. The van der Waals surface area contributed by atoms with E-state index in [1.165, 1.54) is 12.9 Å². The van der Waals surface area contributed by atoms with Crippen LogP contribution in [0.15, 0.2) is 29.2 Å². The highest BCUT2D eigenvalue weighted by atomic mass is 32.2. The lowest BCUT2D eigenvalue weighted by atomic mass is 10.2. The Labute approximate surface area is 185 Å². The van der Waals surface area contributed by atoms with Gasteiger partial charge in [-0.05, 0) is 31.9 Å². The first kappa shape index (κ1) is 24.1. The molecular formula is C20H32N4O5S2. The molecular weight excluding hydrogens is 440 g/mol. The highest BCUT2D eigenvalue weighted by Crippen LogP contribution is 2.28. The van der Waals surface area contributed by atoms with Gasteiger partial charge in [0.05, 0.1) is 4.90 Å². The van der Waals surface area contributed by atoms with Gasteiger partial charge in [0.1, 0.15) is 6.04 Å². The molecule has 1 atom stereocenters. The van der Waals surface area contributed by atoms with Gasteiger partial charge in [-0.1, -0.05) is 31.5 Å². The third-order valence-electron chi connectivity index (χ3n) is 6.02. The van der Waals surface area contributed by atoms with E-state index in [1.807, 2.05) is 6.92 Å². The molecule has 11 heteroatoms. The van der Waals surface area contributed by atoms with Gasteiger partial charge in [-0.3, -0.25) is 4.79 Å². The van der Waals surface area contributed by atoms with Crippen LogP contribution in [0.1, 0.15) is 32.3 Å². The summed E-state index contributed by atoms with van der Waals surface area (Å²) in [5, 5.41) is 0. The van der Waals surface area contributed by atoms with Gasteiger partial charge >= 0.3 is 0 Å².